The van der Waals surface area contributed by atoms with Crippen molar-refractivity contribution in [3.8, 4) is 17.0 Å². The number of ether oxygens (including phenoxy) is 2. The highest BCUT2D eigenvalue weighted by atomic mass is 16.5. The van der Waals surface area contributed by atoms with Gasteiger partial charge in [-0.15, -0.1) is 0 Å². The molecule has 2 aromatic heterocycles. The van der Waals surface area contributed by atoms with Crippen LogP contribution in [0.15, 0.2) is 48.8 Å². The van der Waals surface area contributed by atoms with Gasteiger partial charge >= 0.3 is 0 Å². The highest BCUT2D eigenvalue weighted by molar-refractivity contribution is 5.65. The molecule has 0 saturated carbocycles. The zero-order valence-corrected chi connectivity index (χ0v) is 17.7. The molecule has 32 heavy (non-hydrogen) atoms. The lowest BCUT2D eigenvalue weighted by molar-refractivity contribution is 0.0989. The molecule has 9 heteroatoms. The maximum atomic E-state index is 6.17. The van der Waals surface area contributed by atoms with E-state index in [0.29, 0.717) is 12.0 Å². The first-order valence-electron chi connectivity index (χ1n) is 11.0. The molecule has 3 saturated heterocycles. The number of nitrogens with zero attached hydrogens (tertiary/aromatic N) is 6. The average molecular weight is 432 g/mol. The zero-order chi connectivity index (χ0) is 21.5. The Morgan fingerprint density at radius 1 is 1.06 bits per heavy atom. The second-order valence-corrected chi connectivity index (χ2v) is 8.53. The van der Waals surface area contributed by atoms with E-state index in [2.05, 4.69) is 19.8 Å². The third kappa shape index (κ3) is 3.69. The molecule has 6 rings (SSSR count). The van der Waals surface area contributed by atoms with Crippen molar-refractivity contribution in [2.75, 3.05) is 41.8 Å². The molecule has 3 aliphatic heterocycles. The summed E-state index contributed by atoms with van der Waals surface area (Å²) >= 11 is 0. The Bertz CT molecular complexity index is 1100. The van der Waals surface area contributed by atoms with Crippen LogP contribution in [0.1, 0.15) is 12.8 Å². The van der Waals surface area contributed by atoms with Gasteiger partial charge in [0.2, 0.25) is 11.9 Å². The fourth-order valence-electron chi connectivity index (χ4n) is 4.71. The zero-order valence-electron chi connectivity index (χ0n) is 17.7. The van der Waals surface area contributed by atoms with Crippen LogP contribution in [-0.2, 0) is 4.74 Å². The summed E-state index contributed by atoms with van der Waals surface area (Å²) in [6, 6.07) is 12.3. The number of aromatic nitrogens is 4. The van der Waals surface area contributed by atoms with Crippen LogP contribution in [-0.4, -0.2) is 64.4 Å². The Morgan fingerprint density at radius 3 is 2.66 bits per heavy atom. The van der Waals surface area contributed by atoms with Crippen LogP contribution in [0.25, 0.3) is 11.3 Å². The summed E-state index contributed by atoms with van der Waals surface area (Å²) in [5, 5.41) is 0. The molecule has 0 spiro atoms. The fourth-order valence-corrected chi connectivity index (χ4v) is 4.71. The summed E-state index contributed by atoms with van der Waals surface area (Å²) in [5.74, 6) is 2.77. The van der Waals surface area contributed by atoms with Crippen LogP contribution < -0.4 is 20.3 Å². The van der Waals surface area contributed by atoms with Crippen LogP contribution in [0.2, 0.25) is 0 Å². The number of para-hydroxylation sites is 1. The molecule has 0 amide bonds. The number of benzene rings is 1. The number of nitrogens with two attached hydrogens (primary N) is 1. The Labute approximate surface area is 186 Å². The van der Waals surface area contributed by atoms with E-state index in [0.717, 1.165) is 61.9 Å². The first-order valence-corrected chi connectivity index (χ1v) is 11.0. The van der Waals surface area contributed by atoms with E-state index >= 15 is 0 Å². The number of rotatable bonds is 5. The number of nitrogen functional groups attached to an aromatic ring is 1. The van der Waals surface area contributed by atoms with Gasteiger partial charge in [-0.1, -0.05) is 18.2 Å². The van der Waals surface area contributed by atoms with Crippen molar-refractivity contribution in [2.45, 2.75) is 31.1 Å². The van der Waals surface area contributed by atoms with Gasteiger partial charge in [0.25, 0.3) is 0 Å². The minimum Gasteiger partial charge on any atom is -0.489 e. The van der Waals surface area contributed by atoms with E-state index < -0.39 is 0 Å². The lowest BCUT2D eigenvalue weighted by Gasteiger charge is -2.29. The smallest absolute Gasteiger partial charge is 0.228 e. The van der Waals surface area contributed by atoms with Crippen molar-refractivity contribution in [3.63, 3.8) is 0 Å². The normalized spacial score (nSPS) is 24.3. The average Bonchev–Trinajstić information content (AvgIpc) is 3.58. The highest BCUT2D eigenvalue weighted by Gasteiger charge is 2.40. The molecule has 2 bridgehead atoms. The Kier molecular flexibility index (Phi) is 4.75. The minimum absolute atomic E-state index is 0.101. The second-order valence-electron chi connectivity index (χ2n) is 8.53. The lowest BCUT2D eigenvalue weighted by Crippen LogP contribution is -2.38. The number of hydrogen-bond donors (Lipinski definition) is 1. The van der Waals surface area contributed by atoms with Gasteiger partial charge in [-0.2, -0.15) is 4.98 Å². The maximum absolute atomic E-state index is 6.17. The van der Waals surface area contributed by atoms with Gasteiger partial charge in [0.15, 0.2) is 0 Å². The predicted octanol–water partition coefficient (Wildman–Crippen LogP) is 2.15. The molecule has 9 nitrogen and oxygen atoms in total. The lowest BCUT2D eigenvalue weighted by atomic mass is 10.2. The fraction of sp³-hybridized carbons (Fsp3) is 0.391. The van der Waals surface area contributed by atoms with Gasteiger partial charge in [0.1, 0.15) is 17.7 Å². The van der Waals surface area contributed by atoms with E-state index in [-0.39, 0.29) is 18.2 Å². The van der Waals surface area contributed by atoms with Gasteiger partial charge < -0.3 is 25.0 Å². The SMILES string of the molecule is Nc1ncc(-c2cc(N3C[C@@H]4C[C@H]3CO4)nc(N3CC[C@@H](Oc4ccccc4)C3)n2)cn1. The molecule has 0 aliphatic carbocycles. The summed E-state index contributed by atoms with van der Waals surface area (Å²) in [5.41, 5.74) is 7.30. The molecule has 3 aliphatic rings. The van der Waals surface area contributed by atoms with Crippen LogP contribution in [0.3, 0.4) is 0 Å². The van der Waals surface area contributed by atoms with E-state index in [9.17, 15) is 0 Å². The molecule has 3 fully saturated rings. The van der Waals surface area contributed by atoms with Crippen molar-refractivity contribution in [2.24, 2.45) is 0 Å². The van der Waals surface area contributed by atoms with Crippen LogP contribution in [0.4, 0.5) is 17.7 Å². The molecular weight excluding hydrogens is 406 g/mol. The Hall–Kier alpha value is -3.46. The minimum atomic E-state index is 0.101. The van der Waals surface area contributed by atoms with Gasteiger partial charge in [-0.3, -0.25) is 0 Å². The number of morpholine rings is 1. The van der Waals surface area contributed by atoms with Crippen molar-refractivity contribution < 1.29 is 9.47 Å². The molecule has 0 radical (unpaired) electrons. The number of hydrogen-bond acceptors (Lipinski definition) is 9. The van der Waals surface area contributed by atoms with E-state index in [1.54, 1.807) is 12.4 Å². The van der Waals surface area contributed by atoms with Crippen LogP contribution >= 0.6 is 0 Å². The first-order chi connectivity index (χ1) is 15.7. The largest absolute Gasteiger partial charge is 0.489 e. The monoisotopic (exact) mass is 431 g/mol. The molecular formula is C23H25N7O2. The molecule has 0 unspecified atom stereocenters. The maximum Gasteiger partial charge on any atom is 0.228 e. The Balaban J connectivity index is 1.29. The van der Waals surface area contributed by atoms with Gasteiger partial charge in [-0.05, 0) is 18.6 Å². The van der Waals surface area contributed by atoms with Crippen molar-refractivity contribution in [3.05, 3.63) is 48.8 Å². The molecule has 3 atom stereocenters. The van der Waals surface area contributed by atoms with Crippen molar-refractivity contribution >= 4 is 17.7 Å². The number of anilines is 3. The van der Waals surface area contributed by atoms with E-state index in [1.165, 1.54) is 0 Å². The summed E-state index contributed by atoms with van der Waals surface area (Å²) in [7, 11) is 0. The Morgan fingerprint density at radius 2 is 1.91 bits per heavy atom. The predicted molar refractivity (Wildman–Crippen MR) is 121 cm³/mol. The highest BCUT2D eigenvalue weighted by Crippen LogP contribution is 2.34. The van der Waals surface area contributed by atoms with Crippen LogP contribution in [0.5, 0.6) is 5.75 Å². The summed E-state index contributed by atoms with van der Waals surface area (Å²) in [6.45, 7) is 3.19. The molecule has 1 aromatic carbocycles. The molecule has 164 valence electrons. The summed E-state index contributed by atoms with van der Waals surface area (Å²) in [4.78, 5) is 22.7. The molecule has 5 heterocycles. The number of fused-ring (bicyclic) bond motifs is 2. The van der Waals surface area contributed by atoms with E-state index in [4.69, 9.17) is 25.2 Å². The third-order valence-corrected chi connectivity index (χ3v) is 6.34. The first kappa shape index (κ1) is 19.2. The second kappa shape index (κ2) is 7.90. The summed E-state index contributed by atoms with van der Waals surface area (Å²) in [6.07, 6.45) is 5.79. The van der Waals surface area contributed by atoms with Gasteiger partial charge in [-0.25, -0.2) is 15.0 Å². The van der Waals surface area contributed by atoms with Gasteiger partial charge in [0.05, 0.1) is 31.0 Å². The van der Waals surface area contributed by atoms with E-state index in [1.807, 2.05) is 36.4 Å². The van der Waals surface area contributed by atoms with Crippen molar-refractivity contribution in [1.82, 2.24) is 19.9 Å². The summed E-state index contributed by atoms with van der Waals surface area (Å²) < 4.78 is 12.0. The topological polar surface area (TPSA) is 103 Å². The molecule has 3 aromatic rings. The third-order valence-electron chi connectivity index (χ3n) is 6.34. The molecule has 2 N–H and O–H groups in total. The van der Waals surface area contributed by atoms with Gasteiger partial charge in [0, 0.05) is 43.5 Å². The standard InChI is InChI=1S/C23H25N7O2/c24-22-25-10-15(11-26-22)20-9-21(30-13-19-8-16(30)14-31-19)28-23(27-20)29-7-6-18(12-29)32-17-4-2-1-3-5-17/h1-5,9-11,16,18-19H,6-8,12-14H2,(H2,24,25,26)/t16-,18+,19-/m0/s1. The van der Waals surface area contributed by atoms with Crippen molar-refractivity contribution in [1.29, 1.82) is 0 Å². The van der Waals surface area contributed by atoms with Crippen LogP contribution in [0, 0.1) is 0 Å². The quantitative estimate of drug-likeness (QED) is 0.651.